The predicted octanol–water partition coefficient (Wildman–Crippen LogP) is 2.90. The highest BCUT2D eigenvalue weighted by molar-refractivity contribution is 9.10. The summed E-state index contributed by atoms with van der Waals surface area (Å²) in [7, 11) is 0. The van der Waals surface area contributed by atoms with E-state index in [4.69, 9.17) is 5.73 Å². The van der Waals surface area contributed by atoms with E-state index in [1.807, 2.05) is 13.0 Å². The van der Waals surface area contributed by atoms with E-state index >= 15 is 0 Å². The molecule has 2 rings (SSSR count). The van der Waals surface area contributed by atoms with E-state index in [2.05, 4.69) is 39.7 Å². The van der Waals surface area contributed by atoms with Crippen LogP contribution in [0.3, 0.4) is 0 Å². The molecule has 0 saturated carbocycles. The molecular formula is C11H12BrN3. The SMILES string of the molecule is Cc1nc2nc(N)c(Br)cc2c(C)c1C. The molecular weight excluding hydrogens is 254 g/mol. The predicted molar refractivity (Wildman–Crippen MR) is 65.9 cm³/mol. The van der Waals surface area contributed by atoms with Crippen LogP contribution in [-0.4, -0.2) is 9.97 Å². The van der Waals surface area contributed by atoms with Gasteiger partial charge >= 0.3 is 0 Å². The largest absolute Gasteiger partial charge is 0.383 e. The summed E-state index contributed by atoms with van der Waals surface area (Å²) in [5.41, 5.74) is 9.88. The molecule has 0 spiro atoms. The molecule has 2 heterocycles. The molecule has 0 radical (unpaired) electrons. The lowest BCUT2D eigenvalue weighted by molar-refractivity contribution is 1.14. The maximum Gasteiger partial charge on any atom is 0.162 e. The van der Waals surface area contributed by atoms with Crippen LogP contribution in [0.4, 0.5) is 5.82 Å². The van der Waals surface area contributed by atoms with Crippen molar-refractivity contribution in [2.45, 2.75) is 20.8 Å². The zero-order valence-electron chi connectivity index (χ0n) is 8.93. The lowest BCUT2D eigenvalue weighted by Gasteiger charge is -2.09. The molecule has 15 heavy (non-hydrogen) atoms. The van der Waals surface area contributed by atoms with Gasteiger partial charge in [-0.25, -0.2) is 9.97 Å². The maximum atomic E-state index is 5.73. The van der Waals surface area contributed by atoms with Crippen LogP contribution in [0.1, 0.15) is 16.8 Å². The number of nitrogens with two attached hydrogens (primary N) is 1. The van der Waals surface area contributed by atoms with E-state index in [1.165, 1.54) is 11.1 Å². The fourth-order valence-corrected chi connectivity index (χ4v) is 1.89. The van der Waals surface area contributed by atoms with Crippen molar-refractivity contribution in [1.29, 1.82) is 0 Å². The molecule has 2 aromatic rings. The number of nitrogens with zero attached hydrogens (tertiary/aromatic N) is 2. The van der Waals surface area contributed by atoms with Crippen molar-refractivity contribution in [3.8, 4) is 0 Å². The van der Waals surface area contributed by atoms with Gasteiger partial charge in [0.25, 0.3) is 0 Å². The van der Waals surface area contributed by atoms with Crippen LogP contribution >= 0.6 is 15.9 Å². The van der Waals surface area contributed by atoms with E-state index < -0.39 is 0 Å². The van der Waals surface area contributed by atoms with Crippen LogP contribution in [0.25, 0.3) is 11.0 Å². The second-order valence-electron chi connectivity index (χ2n) is 3.67. The molecule has 0 saturated heterocycles. The van der Waals surface area contributed by atoms with Gasteiger partial charge in [-0.3, -0.25) is 0 Å². The molecule has 0 atom stereocenters. The third-order valence-electron chi connectivity index (χ3n) is 2.77. The maximum absolute atomic E-state index is 5.73. The Kier molecular flexibility index (Phi) is 2.38. The number of fused-ring (bicyclic) bond motifs is 1. The third-order valence-corrected chi connectivity index (χ3v) is 3.40. The second kappa shape index (κ2) is 3.45. The molecule has 2 aromatic heterocycles. The molecule has 0 fully saturated rings. The van der Waals surface area contributed by atoms with Gasteiger partial charge in [0, 0.05) is 11.1 Å². The third kappa shape index (κ3) is 1.59. The van der Waals surface area contributed by atoms with Gasteiger partial charge in [-0.15, -0.1) is 0 Å². The highest BCUT2D eigenvalue weighted by atomic mass is 79.9. The highest BCUT2D eigenvalue weighted by Crippen LogP contribution is 2.26. The van der Waals surface area contributed by atoms with Gasteiger partial charge in [0.1, 0.15) is 5.82 Å². The van der Waals surface area contributed by atoms with Crippen LogP contribution in [0, 0.1) is 20.8 Å². The minimum absolute atomic E-state index is 0.484. The average molecular weight is 266 g/mol. The fourth-order valence-electron chi connectivity index (χ4n) is 1.57. The molecule has 0 unspecified atom stereocenters. The van der Waals surface area contributed by atoms with Gasteiger partial charge in [-0.1, -0.05) is 0 Å². The number of aryl methyl sites for hydroxylation is 2. The van der Waals surface area contributed by atoms with Crippen molar-refractivity contribution in [3.63, 3.8) is 0 Å². The first-order chi connectivity index (χ1) is 7.00. The van der Waals surface area contributed by atoms with Crippen molar-refractivity contribution < 1.29 is 0 Å². The molecule has 3 nitrogen and oxygen atoms in total. The highest BCUT2D eigenvalue weighted by Gasteiger charge is 2.08. The molecule has 2 N–H and O–H groups in total. The number of rotatable bonds is 0. The summed E-state index contributed by atoms with van der Waals surface area (Å²) in [6.45, 7) is 6.14. The Balaban J connectivity index is 2.93. The molecule has 0 amide bonds. The molecule has 0 bridgehead atoms. The van der Waals surface area contributed by atoms with Crippen molar-refractivity contribution in [1.82, 2.24) is 9.97 Å². The summed E-state index contributed by atoms with van der Waals surface area (Å²) in [6, 6.07) is 1.98. The summed E-state index contributed by atoms with van der Waals surface area (Å²) < 4.78 is 0.822. The minimum atomic E-state index is 0.484. The van der Waals surface area contributed by atoms with Crippen LogP contribution in [0.5, 0.6) is 0 Å². The van der Waals surface area contributed by atoms with Gasteiger partial charge < -0.3 is 5.73 Å². The topological polar surface area (TPSA) is 51.8 Å². The summed E-state index contributed by atoms with van der Waals surface area (Å²) in [4.78, 5) is 8.68. The monoisotopic (exact) mass is 265 g/mol. The van der Waals surface area contributed by atoms with Crippen LogP contribution < -0.4 is 5.73 Å². The standard InChI is InChI=1S/C11H12BrN3/c1-5-6(2)8-4-9(12)10(13)15-11(8)14-7(5)3/h4H,1-3H3,(H2,13,14,15). The Labute approximate surface area is 96.9 Å². The fraction of sp³-hybridized carbons (Fsp3) is 0.273. The zero-order chi connectivity index (χ0) is 11.2. The summed E-state index contributed by atoms with van der Waals surface area (Å²) >= 11 is 3.38. The van der Waals surface area contributed by atoms with E-state index in [9.17, 15) is 0 Å². The smallest absolute Gasteiger partial charge is 0.162 e. The Bertz CT molecular complexity index is 544. The van der Waals surface area contributed by atoms with Crippen molar-refractivity contribution in [2.24, 2.45) is 0 Å². The van der Waals surface area contributed by atoms with Crippen molar-refractivity contribution in [3.05, 3.63) is 27.4 Å². The Morgan fingerprint density at radius 3 is 2.47 bits per heavy atom. The van der Waals surface area contributed by atoms with Gasteiger partial charge in [0.2, 0.25) is 0 Å². The van der Waals surface area contributed by atoms with Gasteiger partial charge in [0.05, 0.1) is 4.47 Å². The Morgan fingerprint density at radius 2 is 1.80 bits per heavy atom. The summed E-state index contributed by atoms with van der Waals surface area (Å²) in [5.74, 6) is 0.484. The number of halogens is 1. The minimum Gasteiger partial charge on any atom is -0.383 e. The second-order valence-corrected chi connectivity index (χ2v) is 4.53. The van der Waals surface area contributed by atoms with Crippen molar-refractivity contribution in [2.75, 3.05) is 5.73 Å². The number of hydrogen-bond donors (Lipinski definition) is 1. The molecule has 0 aliphatic heterocycles. The summed E-state index contributed by atoms with van der Waals surface area (Å²) in [6.07, 6.45) is 0. The van der Waals surface area contributed by atoms with Crippen LogP contribution in [-0.2, 0) is 0 Å². The molecule has 0 aliphatic rings. The lowest BCUT2D eigenvalue weighted by Crippen LogP contribution is -1.99. The number of pyridine rings is 2. The van der Waals surface area contributed by atoms with Gasteiger partial charge in [-0.2, -0.15) is 0 Å². The van der Waals surface area contributed by atoms with Crippen LogP contribution in [0.15, 0.2) is 10.5 Å². The number of anilines is 1. The molecule has 0 aliphatic carbocycles. The van der Waals surface area contributed by atoms with E-state index in [-0.39, 0.29) is 0 Å². The van der Waals surface area contributed by atoms with E-state index in [0.29, 0.717) is 5.82 Å². The number of aromatic nitrogens is 2. The van der Waals surface area contributed by atoms with Crippen LogP contribution in [0.2, 0.25) is 0 Å². The number of hydrogen-bond acceptors (Lipinski definition) is 3. The van der Waals surface area contributed by atoms with E-state index in [1.54, 1.807) is 0 Å². The van der Waals surface area contributed by atoms with Gasteiger partial charge in [-0.05, 0) is 53.9 Å². The Hall–Kier alpha value is -1.16. The molecule has 0 aromatic carbocycles. The lowest BCUT2D eigenvalue weighted by atomic mass is 10.1. The molecule has 78 valence electrons. The zero-order valence-corrected chi connectivity index (χ0v) is 10.5. The van der Waals surface area contributed by atoms with Crippen molar-refractivity contribution >= 4 is 32.8 Å². The number of nitrogen functional groups attached to an aromatic ring is 1. The Morgan fingerprint density at radius 1 is 1.13 bits per heavy atom. The van der Waals surface area contributed by atoms with Gasteiger partial charge in [0.15, 0.2) is 5.65 Å². The normalized spacial score (nSPS) is 10.9. The first-order valence-electron chi connectivity index (χ1n) is 4.70. The molecule has 4 heteroatoms. The summed E-state index contributed by atoms with van der Waals surface area (Å²) in [5, 5.41) is 1.05. The average Bonchev–Trinajstić information content (AvgIpc) is 2.19. The quantitative estimate of drug-likeness (QED) is 0.797. The first kappa shape index (κ1) is 10.4. The first-order valence-corrected chi connectivity index (χ1v) is 5.49. The van der Waals surface area contributed by atoms with E-state index in [0.717, 1.165) is 21.2 Å².